The maximum absolute atomic E-state index is 10.6. The minimum absolute atomic E-state index is 0.0515. The highest BCUT2D eigenvalue weighted by Gasteiger charge is 2.18. The van der Waals surface area contributed by atoms with Gasteiger partial charge in [0, 0.05) is 6.54 Å². The van der Waals surface area contributed by atoms with E-state index >= 15 is 0 Å². The van der Waals surface area contributed by atoms with E-state index in [2.05, 4.69) is 15.3 Å². The topological polar surface area (TPSA) is 81.0 Å². The second-order valence-electron chi connectivity index (χ2n) is 2.44. The predicted molar refractivity (Wildman–Crippen MR) is 47.6 cm³/mol. The van der Waals surface area contributed by atoms with Gasteiger partial charge in [0.05, 0.1) is 4.92 Å². The van der Waals surface area contributed by atoms with Crippen molar-refractivity contribution in [3.63, 3.8) is 0 Å². The van der Waals surface area contributed by atoms with Crippen molar-refractivity contribution in [2.45, 2.75) is 13.8 Å². The number of nitrogens with zero attached hydrogens (tertiary/aromatic N) is 3. The molecule has 0 aliphatic heterocycles. The molecule has 0 aromatic carbocycles. The summed E-state index contributed by atoms with van der Waals surface area (Å²) >= 11 is 0. The first-order valence-corrected chi connectivity index (χ1v) is 3.86. The largest absolute Gasteiger partial charge is 0.365 e. The second-order valence-corrected chi connectivity index (χ2v) is 2.44. The van der Waals surface area contributed by atoms with Crippen LogP contribution in [0, 0.1) is 17.0 Å². The van der Waals surface area contributed by atoms with Crippen LogP contribution < -0.4 is 5.32 Å². The third-order valence-corrected chi connectivity index (χ3v) is 1.53. The van der Waals surface area contributed by atoms with E-state index in [9.17, 15) is 10.1 Å². The van der Waals surface area contributed by atoms with Crippen molar-refractivity contribution in [2.24, 2.45) is 0 Å². The van der Waals surface area contributed by atoms with E-state index in [4.69, 9.17) is 0 Å². The van der Waals surface area contributed by atoms with Gasteiger partial charge < -0.3 is 5.32 Å². The Morgan fingerprint density at radius 1 is 1.62 bits per heavy atom. The summed E-state index contributed by atoms with van der Waals surface area (Å²) in [5.74, 6) is 0.278. The summed E-state index contributed by atoms with van der Waals surface area (Å²) in [6, 6.07) is 0. The van der Waals surface area contributed by atoms with Gasteiger partial charge in [0.15, 0.2) is 0 Å². The van der Waals surface area contributed by atoms with Gasteiger partial charge in [0.25, 0.3) is 0 Å². The van der Waals surface area contributed by atoms with E-state index in [1.807, 2.05) is 6.92 Å². The first kappa shape index (κ1) is 9.37. The normalized spacial score (nSPS) is 9.69. The Balaban J connectivity index is 3.17. The van der Waals surface area contributed by atoms with Crippen molar-refractivity contribution in [1.29, 1.82) is 0 Å². The van der Waals surface area contributed by atoms with Gasteiger partial charge in [0.1, 0.15) is 12.0 Å². The predicted octanol–water partition coefficient (Wildman–Crippen LogP) is 1.13. The molecule has 0 radical (unpaired) electrons. The van der Waals surface area contributed by atoms with Crippen molar-refractivity contribution in [1.82, 2.24) is 9.97 Å². The molecule has 13 heavy (non-hydrogen) atoms. The minimum atomic E-state index is -0.479. The third kappa shape index (κ3) is 1.90. The Bertz CT molecular complexity index is 326. The molecule has 0 amide bonds. The van der Waals surface area contributed by atoms with Crippen LogP contribution in [0.4, 0.5) is 11.5 Å². The Morgan fingerprint density at radius 3 is 2.85 bits per heavy atom. The molecule has 1 heterocycles. The van der Waals surface area contributed by atoms with Crippen molar-refractivity contribution < 1.29 is 4.92 Å². The number of rotatable bonds is 3. The number of aromatic nitrogens is 2. The number of nitrogens with one attached hydrogen (secondary N) is 1. The highest BCUT2D eigenvalue weighted by molar-refractivity contribution is 5.57. The van der Waals surface area contributed by atoms with Crippen LogP contribution in [0.2, 0.25) is 0 Å². The van der Waals surface area contributed by atoms with Crippen molar-refractivity contribution in [3.8, 4) is 0 Å². The lowest BCUT2D eigenvalue weighted by Gasteiger charge is -2.03. The molecule has 1 rings (SSSR count). The molecule has 6 nitrogen and oxygen atoms in total. The van der Waals surface area contributed by atoms with Crippen LogP contribution >= 0.6 is 0 Å². The molecule has 1 aromatic heterocycles. The fourth-order valence-corrected chi connectivity index (χ4v) is 0.982. The van der Waals surface area contributed by atoms with E-state index in [-0.39, 0.29) is 11.5 Å². The molecule has 0 saturated heterocycles. The van der Waals surface area contributed by atoms with Gasteiger partial charge in [-0.2, -0.15) is 0 Å². The maximum Gasteiger partial charge on any atom is 0.332 e. The summed E-state index contributed by atoms with van der Waals surface area (Å²) in [6.07, 6.45) is 1.31. The third-order valence-electron chi connectivity index (χ3n) is 1.53. The van der Waals surface area contributed by atoms with E-state index in [0.29, 0.717) is 12.2 Å². The lowest BCUT2D eigenvalue weighted by molar-refractivity contribution is -0.385. The molecular formula is C7H10N4O2. The van der Waals surface area contributed by atoms with Gasteiger partial charge in [0.2, 0.25) is 5.82 Å². The lowest BCUT2D eigenvalue weighted by Crippen LogP contribution is -2.05. The van der Waals surface area contributed by atoms with Gasteiger partial charge in [-0.3, -0.25) is 10.1 Å². The lowest BCUT2D eigenvalue weighted by atomic mass is 10.3. The molecule has 1 N–H and O–H groups in total. The smallest absolute Gasteiger partial charge is 0.332 e. The molecule has 0 atom stereocenters. The van der Waals surface area contributed by atoms with Crippen molar-refractivity contribution in [2.75, 3.05) is 11.9 Å². The van der Waals surface area contributed by atoms with E-state index in [1.54, 1.807) is 6.92 Å². The van der Waals surface area contributed by atoms with Crippen LogP contribution in [0.3, 0.4) is 0 Å². The van der Waals surface area contributed by atoms with E-state index in [1.165, 1.54) is 6.33 Å². The average Bonchev–Trinajstić information content (AvgIpc) is 2.04. The number of hydrogen-bond donors (Lipinski definition) is 1. The minimum Gasteiger partial charge on any atom is -0.365 e. The average molecular weight is 182 g/mol. The van der Waals surface area contributed by atoms with Crippen molar-refractivity contribution in [3.05, 3.63) is 22.1 Å². The number of hydrogen-bond acceptors (Lipinski definition) is 5. The van der Waals surface area contributed by atoms with Crippen LogP contribution in [0.15, 0.2) is 6.33 Å². The summed E-state index contributed by atoms with van der Waals surface area (Å²) < 4.78 is 0. The van der Waals surface area contributed by atoms with E-state index in [0.717, 1.165) is 0 Å². The van der Waals surface area contributed by atoms with Crippen LogP contribution in [0.1, 0.15) is 12.6 Å². The van der Waals surface area contributed by atoms with Crippen LogP contribution in [-0.2, 0) is 0 Å². The summed E-state index contributed by atoms with van der Waals surface area (Å²) in [7, 11) is 0. The number of aryl methyl sites for hydroxylation is 1. The Morgan fingerprint density at radius 2 is 2.31 bits per heavy atom. The Hall–Kier alpha value is -1.72. The zero-order valence-corrected chi connectivity index (χ0v) is 7.44. The molecule has 0 saturated carbocycles. The first-order chi connectivity index (χ1) is 6.16. The van der Waals surface area contributed by atoms with Gasteiger partial charge in [-0.05, 0) is 13.8 Å². The molecule has 70 valence electrons. The van der Waals surface area contributed by atoms with Gasteiger partial charge in [-0.15, -0.1) is 0 Å². The van der Waals surface area contributed by atoms with Crippen LogP contribution in [-0.4, -0.2) is 21.4 Å². The Labute approximate surface area is 75.2 Å². The molecule has 0 aliphatic carbocycles. The quantitative estimate of drug-likeness (QED) is 0.559. The summed E-state index contributed by atoms with van der Waals surface area (Å²) in [5.41, 5.74) is 0.320. The Kier molecular flexibility index (Phi) is 2.73. The van der Waals surface area contributed by atoms with Gasteiger partial charge >= 0.3 is 5.69 Å². The zero-order chi connectivity index (χ0) is 9.84. The summed E-state index contributed by atoms with van der Waals surface area (Å²) in [4.78, 5) is 17.7. The fourth-order valence-electron chi connectivity index (χ4n) is 0.982. The highest BCUT2D eigenvalue weighted by Crippen LogP contribution is 2.23. The van der Waals surface area contributed by atoms with E-state index < -0.39 is 4.92 Å². The first-order valence-electron chi connectivity index (χ1n) is 3.86. The zero-order valence-electron chi connectivity index (χ0n) is 7.44. The summed E-state index contributed by atoms with van der Waals surface area (Å²) in [5, 5.41) is 13.4. The molecule has 0 bridgehead atoms. The molecule has 0 aliphatic rings. The monoisotopic (exact) mass is 182 g/mol. The standard InChI is InChI=1S/C7H10N4O2/c1-3-8-7-6(11(12)13)5(2)9-4-10-7/h4H,3H2,1-2H3,(H,8,9,10). The highest BCUT2D eigenvalue weighted by atomic mass is 16.6. The fraction of sp³-hybridized carbons (Fsp3) is 0.429. The van der Waals surface area contributed by atoms with Crippen molar-refractivity contribution >= 4 is 11.5 Å². The summed E-state index contributed by atoms with van der Waals surface area (Å²) in [6.45, 7) is 4.03. The molecule has 6 heteroatoms. The molecule has 0 fully saturated rings. The molecule has 1 aromatic rings. The number of nitro groups is 1. The van der Waals surface area contributed by atoms with Gasteiger partial charge in [-0.25, -0.2) is 9.97 Å². The molecule has 0 unspecified atom stereocenters. The molecular weight excluding hydrogens is 172 g/mol. The SMILES string of the molecule is CCNc1ncnc(C)c1[N+](=O)[O-]. The second kappa shape index (κ2) is 3.79. The number of anilines is 1. The molecule has 0 spiro atoms. The van der Waals surface area contributed by atoms with Crippen LogP contribution in [0.5, 0.6) is 0 Å². The maximum atomic E-state index is 10.6. The van der Waals surface area contributed by atoms with Crippen LogP contribution in [0.25, 0.3) is 0 Å². The van der Waals surface area contributed by atoms with Gasteiger partial charge in [-0.1, -0.05) is 0 Å².